The summed E-state index contributed by atoms with van der Waals surface area (Å²) in [4.78, 5) is 2.14. The minimum absolute atomic E-state index is 0.480. The molecule has 1 heterocycles. The Hall–Kier alpha value is -1.16. The second kappa shape index (κ2) is 6.33. The molecular formula is C15H23N3S. The van der Waals surface area contributed by atoms with Gasteiger partial charge < -0.3 is 10.2 Å². The standard InChI is InChI=1S/C15H23N3S/c1-4-7-17-12-5-6-13(11(2)3)14(10-12)18-8-9-19-15(18)16/h5-6,10-11,16-17H,4,7-9H2,1-3H3. The summed E-state index contributed by atoms with van der Waals surface area (Å²) in [5, 5.41) is 12.2. The van der Waals surface area contributed by atoms with Crippen molar-refractivity contribution in [3.8, 4) is 0 Å². The van der Waals surface area contributed by atoms with Crippen molar-refractivity contribution in [2.45, 2.75) is 33.1 Å². The highest BCUT2D eigenvalue weighted by Gasteiger charge is 2.22. The molecule has 1 aliphatic heterocycles. The van der Waals surface area contributed by atoms with E-state index < -0.39 is 0 Å². The Morgan fingerprint density at radius 3 is 2.79 bits per heavy atom. The molecule has 0 saturated carbocycles. The Morgan fingerprint density at radius 1 is 1.42 bits per heavy atom. The average Bonchev–Trinajstić information content (AvgIpc) is 2.82. The van der Waals surface area contributed by atoms with E-state index in [-0.39, 0.29) is 0 Å². The van der Waals surface area contributed by atoms with E-state index in [0.29, 0.717) is 11.1 Å². The molecule has 19 heavy (non-hydrogen) atoms. The van der Waals surface area contributed by atoms with Crippen LogP contribution in [0.2, 0.25) is 0 Å². The van der Waals surface area contributed by atoms with Crippen LogP contribution in [-0.2, 0) is 0 Å². The van der Waals surface area contributed by atoms with Crippen LogP contribution in [0.25, 0.3) is 0 Å². The molecule has 0 aliphatic carbocycles. The first-order chi connectivity index (χ1) is 9.13. The van der Waals surface area contributed by atoms with Crippen LogP contribution in [0.15, 0.2) is 18.2 Å². The fraction of sp³-hybridized carbons (Fsp3) is 0.533. The quantitative estimate of drug-likeness (QED) is 0.850. The predicted octanol–water partition coefficient (Wildman–Crippen LogP) is 4.12. The highest BCUT2D eigenvalue weighted by atomic mass is 32.2. The molecule has 1 aromatic carbocycles. The zero-order valence-electron chi connectivity index (χ0n) is 12.0. The molecule has 0 radical (unpaired) electrons. The summed E-state index contributed by atoms with van der Waals surface area (Å²) in [5.74, 6) is 1.50. The van der Waals surface area contributed by atoms with E-state index in [1.54, 1.807) is 11.8 Å². The molecule has 0 unspecified atom stereocenters. The number of hydrogen-bond acceptors (Lipinski definition) is 3. The van der Waals surface area contributed by atoms with Crippen molar-refractivity contribution in [3.63, 3.8) is 0 Å². The Kier molecular flexibility index (Phi) is 4.75. The monoisotopic (exact) mass is 277 g/mol. The van der Waals surface area contributed by atoms with Crippen LogP contribution in [0.5, 0.6) is 0 Å². The van der Waals surface area contributed by atoms with Crippen molar-refractivity contribution < 1.29 is 0 Å². The third-order valence-electron chi connectivity index (χ3n) is 3.32. The maximum atomic E-state index is 8.06. The lowest BCUT2D eigenvalue weighted by Crippen LogP contribution is -2.24. The maximum absolute atomic E-state index is 8.06. The SMILES string of the molecule is CCCNc1ccc(C(C)C)c(N2CCSC2=N)c1. The highest BCUT2D eigenvalue weighted by Crippen LogP contribution is 2.34. The summed E-state index contributed by atoms with van der Waals surface area (Å²) < 4.78 is 0. The van der Waals surface area contributed by atoms with Crippen molar-refractivity contribution in [2.24, 2.45) is 0 Å². The second-order valence-corrected chi connectivity index (χ2v) is 6.24. The van der Waals surface area contributed by atoms with Crippen LogP contribution >= 0.6 is 11.8 Å². The summed E-state index contributed by atoms with van der Waals surface area (Å²) in [6.45, 7) is 8.53. The van der Waals surface area contributed by atoms with Crippen molar-refractivity contribution in [1.82, 2.24) is 0 Å². The molecule has 1 saturated heterocycles. The smallest absolute Gasteiger partial charge is 0.160 e. The first kappa shape index (κ1) is 14.3. The summed E-state index contributed by atoms with van der Waals surface area (Å²) in [7, 11) is 0. The van der Waals surface area contributed by atoms with Crippen LogP contribution in [0.3, 0.4) is 0 Å². The number of hydrogen-bond donors (Lipinski definition) is 2. The zero-order valence-corrected chi connectivity index (χ0v) is 12.8. The topological polar surface area (TPSA) is 39.1 Å². The molecule has 1 aromatic rings. The lowest BCUT2D eigenvalue weighted by Gasteiger charge is -2.23. The molecule has 3 nitrogen and oxygen atoms in total. The van der Waals surface area contributed by atoms with Crippen LogP contribution in [0, 0.1) is 5.41 Å². The number of thioether (sulfide) groups is 1. The van der Waals surface area contributed by atoms with Gasteiger partial charge in [-0.2, -0.15) is 0 Å². The summed E-state index contributed by atoms with van der Waals surface area (Å²) in [5.41, 5.74) is 3.69. The number of anilines is 2. The molecule has 2 N–H and O–H groups in total. The Morgan fingerprint density at radius 2 is 2.21 bits per heavy atom. The Balaban J connectivity index is 2.33. The van der Waals surface area contributed by atoms with Crippen molar-refractivity contribution in [3.05, 3.63) is 23.8 Å². The lowest BCUT2D eigenvalue weighted by atomic mass is 10.00. The van der Waals surface area contributed by atoms with Crippen LogP contribution < -0.4 is 10.2 Å². The van der Waals surface area contributed by atoms with Crippen molar-refractivity contribution in [1.29, 1.82) is 5.41 Å². The van der Waals surface area contributed by atoms with E-state index in [1.165, 1.54) is 11.3 Å². The van der Waals surface area contributed by atoms with Gasteiger partial charge in [0.25, 0.3) is 0 Å². The molecular weight excluding hydrogens is 254 g/mol. The van der Waals surface area contributed by atoms with Gasteiger partial charge in [-0.25, -0.2) is 0 Å². The summed E-state index contributed by atoms with van der Waals surface area (Å²) >= 11 is 1.63. The highest BCUT2D eigenvalue weighted by molar-refractivity contribution is 8.14. The van der Waals surface area contributed by atoms with Gasteiger partial charge in [-0.3, -0.25) is 5.41 Å². The van der Waals surface area contributed by atoms with Gasteiger partial charge in [-0.15, -0.1) is 0 Å². The van der Waals surface area contributed by atoms with Gasteiger partial charge in [0, 0.05) is 30.2 Å². The molecule has 0 atom stereocenters. The fourth-order valence-corrected chi connectivity index (χ4v) is 3.10. The van der Waals surface area contributed by atoms with Gasteiger partial charge in [0.1, 0.15) is 0 Å². The first-order valence-electron chi connectivity index (χ1n) is 7.00. The number of rotatable bonds is 5. The van der Waals surface area contributed by atoms with E-state index in [2.05, 4.69) is 49.2 Å². The van der Waals surface area contributed by atoms with Gasteiger partial charge in [-0.05, 0) is 30.0 Å². The molecule has 2 rings (SSSR count). The molecule has 104 valence electrons. The van der Waals surface area contributed by atoms with Crippen LogP contribution in [0.1, 0.15) is 38.7 Å². The van der Waals surface area contributed by atoms with Gasteiger partial charge >= 0.3 is 0 Å². The van der Waals surface area contributed by atoms with Gasteiger partial charge in [0.2, 0.25) is 0 Å². The minimum atomic E-state index is 0.480. The van der Waals surface area contributed by atoms with E-state index in [4.69, 9.17) is 5.41 Å². The Labute approximate surface area is 120 Å². The minimum Gasteiger partial charge on any atom is -0.385 e. The summed E-state index contributed by atoms with van der Waals surface area (Å²) in [6, 6.07) is 6.56. The lowest BCUT2D eigenvalue weighted by molar-refractivity contribution is 0.859. The Bertz CT molecular complexity index is 457. The normalized spacial score (nSPS) is 15.4. The largest absolute Gasteiger partial charge is 0.385 e. The molecule has 0 amide bonds. The van der Waals surface area contributed by atoms with Crippen LogP contribution in [-0.4, -0.2) is 24.0 Å². The van der Waals surface area contributed by atoms with Gasteiger partial charge in [-0.1, -0.05) is 38.6 Å². The number of nitrogens with one attached hydrogen (secondary N) is 2. The predicted molar refractivity (Wildman–Crippen MR) is 86.8 cm³/mol. The molecule has 4 heteroatoms. The molecule has 1 fully saturated rings. The molecule has 0 spiro atoms. The fourth-order valence-electron chi connectivity index (χ4n) is 2.29. The maximum Gasteiger partial charge on any atom is 0.160 e. The van der Waals surface area contributed by atoms with Crippen molar-refractivity contribution in [2.75, 3.05) is 29.1 Å². The van der Waals surface area contributed by atoms with E-state index in [9.17, 15) is 0 Å². The second-order valence-electron chi connectivity index (χ2n) is 5.16. The average molecular weight is 277 g/mol. The number of amidine groups is 1. The number of benzene rings is 1. The summed E-state index contributed by atoms with van der Waals surface area (Å²) in [6.07, 6.45) is 1.12. The van der Waals surface area contributed by atoms with E-state index >= 15 is 0 Å². The zero-order chi connectivity index (χ0) is 13.8. The van der Waals surface area contributed by atoms with Gasteiger partial charge in [0.15, 0.2) is 5.17 Å². The molecule has 0 bridgehead atoms. The third-order valence-corrected chi connectivity index (χ3v) is 4.20. The van der Waals surface area contributed by atoms with Crippen molar-refractivity contribution >= 4 is 28.3 Å². The number of nitrogens with zero attached hydrogens (tertiary/aromatic N) is 1. The first-order valence-corrected chi connectivity index (χ1v) is 7.98. The van der Waals surface area contributed by atoms with Crippen LogP contribution in [0.4, 0.5) is 11.4 Å². The van der Waals surface area contributed by atoms with E-state index in [1.807, 2.05) is 0 Å². The molecule has 0 aromatic heterocycles. The molecule has 1 aliphatic rings. The third kappa shape index (κ3) is 3.24. The van der Waals surface area contributed by atoms with Gasteiger partial charge in [0.05, 0.1) is 0 Å². The van der Waals surface area contributed by atoms with E-state index in [0.717, 1.165) is 31.0 Å².